The Hall–Kier alpha value is -2.39. The summed E-state index contributed by atoms with van der Waals surface area (Å²) in [5.41, 5.74) is 5.82. The van der Waals surface area contributed by atoms with E-state index in [1.54, 1.807) is 0 Å². The van der Waals surface area contributed by atoms with E-state index in [0.717, 1.165) is 18.0 Å². The van der Waals surface area contributed by atoms with E-state index in [2.05, 4.69) is 4.37 Å². The van der Waals surface area contributed by atoms with Crippen molar-refractivity contribution in [3.05, 3.63) is 32.5 Å². The van der Waals surface area contributed by atoms with Crippen LogP contribution in [0.15, 0.2) is 15.7 Å². The number of rotatable bonds is 1. The Morgan fingerprint density at radius 3 is 2.93 bits per heavy atom. The zero-order valence-electron chi connectivity index (χ0n) is 15.0. The number of hydrogen-bond donors (Lipinski definition) is 2. The predicted molar refractivity (Wildman–Crippen MR) is 104 cm³/mol. The molecule has 1 saturated heterocycles. The van der Waals surface area contributed by atoms with Gasteiger partial charge >= 0.3 is 0 Å². The summed E-state index contributed by atoms with van der Waals surface area (Å²) in [4.78, 5) is 27.5. The van der Waals surface area contributed by atoms with Gasteiger partial charge in [0, 0.05) is 18.6 Å². The Labute approximate surface area is 157 Å². The summed E-state index contributed by atoms with van der Waals surface area (Å²) in [7, 11) is 0. The molecule has 0 spiro atoms. The van der Waals surface area contributed by atoms with Crippen LogP contribution >= 0.6 is 11.5 Å². The van der Waals surface area contributed by atoms with Crippen LogP contribution in [0.2, 0.25) is 0 Å². The number of fused-ring (bicyclic) bond motifs is 2. The number of nitrogens with zero attached hydrogens (tertiary/aromatic N) is 2. The highest BCUT2D eigenvalue weighted by atomic mass is 32.1. The van der Waals surface area contributed by atoms with Crippen molar-refractivity contribution in [1.82, 2.24) is 8.94 Å². The third-order valence-corrected chi connectivity index (χ3v) is 6.41. The van der Waals surface area contributed by atoms with E-state index >= 15 is 4.39 Å². The van der Waals surface area contributed by atoms with Gasteiger partial charge in [0.15, 0.2) is 11.6 Å². The molecule has 142 valence electrons. The first kappa shape index (κ1) is 16.8. The Bertz CT molecular complexity index is 1230. The fourth-order valence-corrected chi connectivity index (χ4v) is 5.17. The molecule has 2 aromatic heterocycles. The van der Waals surface area contributed by atoms with Crippen LogP contribution in [-0.4, -0.2) is 34.2 Å². The highest BCUT2D eigenvalue weighted by molar-refractivity contribution is 7.12. The summed E-state index contributed by atoms with van der Waals surface area (Å²) >= 11 is 1.13. The molecule has 0 aliphatic carbocycles. The molecule has 1 aromatic carbocycles. The molecule has 9 heteroatoms. The van der Waals surface area contributed by atoms with Gasteiger partial charge in [-0.3, -0.25) is 14.0 Å². The Morgan fingerprint density at radius 1 is 1.44 bits per heavy atom. The third kappa shape index (κ3) is 2.21. The van der Waals surface area contributed by atoms with Gasteiger partial charge in [0.05, 0.1) is 16.9 Å². The molecule has 5 rings (SSSR count). The minimum atomic E-state index is -0.528. The number of anilines is 1. The van der Waals surface area contributed by atoms with E-state index < -0.39 is 22.3 Å². The van der Waals surface area contributed by atoms with Crippen molar-refractivity contribution in [3.63, 3.8) is 0 Å². The topological polar surface area (TPSA) is 93.3 Å². The number of aromatic amines is 1. The first-order chi connectivity index (χ1) is 12.8. The normalized spacial score (nSPS) is 24.7. The van der Waals surface area contributed by atoms with Gasteiger partial charge in [-0.05, 0) is 37.9 Å². The molecule has 27 heavy (non-hydrogen) atoms. The van der Waals surface area contributed by atoms with Gasteiger partial charge < -0.3 is 19.9 Å². The van der Waals surface area contributed by atoms with E-state index in [-0.39, 0.29) is 16.8 Å². The van der Waals surface area contributed by atoms with Crippen molar-refractivity contribution in [3.8, 4) is 5.75 Å². The number of halogens is 1. The summed E-state index contributed by atoms with van der Waals surface area (Å²) < 4.78 is 25.6. The van der Waals surface area contributed by atoms with Gasteiger partial charge in [0.2, 0.25) is 5.43 Å². The van der Waals surface area contributed by atoms with Gasteiger partial charge in [-0.2, -0.15) is 0 Å². The summed E-state index contributed by atoms with van der Waals surface area (Å²) in [5, 5.41) is 0.249. The summed E-state index contributed by atoms with van der Waals surface area (Å²) in [6.45, 7) is 5.34. The molecule has 0 bridgehead atoms. The maximum Gasteiger partial charge on any atom is 0.271 e. The minimum Gasteiger partial charge on any atom is -0.487 e. The number of benzene rings is 1. The molecule has 1 fully saturated rings. The minimum absolute atomic E-state index is 0.0788. The number of H-pyrrole nitrogens is 1. The highest BCUT2D eigenvalue weighted by Crippen LogP contribution is 2.44. The molecule has 0 radical (unpaired) electrons. The Morgan fingerprint density at radius 2 is 2.22 bits per heavy atom. The van der Waals surface area contributed by atoms with Crippen molar-refractivity contribution < 1.29 is 9.13 Å². The quantitative estimate of drug-likeness (QED) is 0.662. The van der Waals surface area contributed by atoms with Crippen LogP contribution in [0.1, 0.15) is 26.3 Å². The second kappa shape index (κ2) is 5.32. The van der Waals surface area contributed by atoms with E-state index in [1.165, 1.54) is 6.07 Å². The van der Waals surface area contributed by atoms with Crippen LogP contribution < -0.4 is 26.4 Å². The van der Waals surface area contributed by atoms with Crippen LogP contribution in [0.5, 0.6) is 5.75 Å². The summed E-state index contributed by atoms with van der Waals surface area (Å²) in [6, 6.07) is 1.14. The lowest BCUT2D eigenvalue weighted by atomic mass is 10.0. The molecule has 2 aliphatic heterocycles. The fourth-order valence-electron chi connectivity index (χ4n) is 4.22. The largest absolute Gasteiger partial charge is 0.487 e. The van der Waals surface area contributed by atoms with Crippen LogP contribution in [0, 0.1) is 5.82 Å². The van der Waals surface area contributed by atoms with Gasteiger partial charge in [-0.1, -0.05) is 0 Å². The average molecular weight is 390 g/mol. The van der Waals surface area contributed by atoms with Crippen molar-refractivity contribution in [2.45, 2.75) is 31.8 Å². The van der Waals surface area contributed by atoms with Crippen molar-refractivity contribution >= 4 is 38.3 Å². The number of pyridine rings is 1. The summed E-state index contributed by atoms with van der Waals surface area (Å²) in [5.74, 6) is -0.167. The molecular weight excluding hydrogens is 371 g/mol. The van der Waals surface area contributed by atoms with Gasteiger partial charge in [-0.25, -0.2) is 4.39 Å². The maximum absolute atomic E-state index is 15.1. The fraction of sp³-hybridized carbons (Fsp3) is 0.444. The molecule has 3 N–H and O–H groups in total. The SMILES string of the molecule is CC1COc2c(N3CCC(C)(N)C3)c(F)cc3c(=O)c4c(=O)[nH]sc4n1c23. The number of aromatic nitrogens is 2. The van der Waals surface area contributed by atoms with Crippen LogP contribution in [0.25, 0.3) is 21.1 Å². The first-order valence-electron chi connectivity index (χ1n) is 8.87. The Balaban J connectivity index is 1.92. The number of hydrogen-bond acceptors (Lipinski definition) is 6. The zero-order valence-corrected chi connectivity index (χ0v) is 15.8. The van der Waals surface area contributed by atoms with Crippen molar-refractivity contribution in [1.29, 1.82) is 0 Å². The third-order valence-electron chi connectivity index (χ3n) is 5.53. The lowest BCUT2D eigenvalue weighted by molar-refractivity contribution is 0.250. The standard InChI is InChI=1S/C18H19FN4O3S/c1-8-6-26-15-12-9(14(24)11-16(25)21-27-17(11)23(8)12)5-10(19)13(15)22-4-3-18(2,20)7-22/h5,8H,3-4,6-7,20H2,1-2H3,(H,21,25). The Kier molecular flexibility index (Phi) is 3.31. The smallest absolute Gasteiger partial charge is 0.271 e. The first-order valence-corrected chi connectivity index (χ1v) is 9.68. The molecule has 0 saturated carbocycles. The number of nitrogens with one attached hydrogen (secondary N) is 1. The van der Waals surface area contributed by atoms with Gasteiger partial charge in [0.25, 0.3) is 5.56 Å². The summed E-state index contributed by atoms with van der Waals surface area (Å²) in [6.07, 6.45) is 0.742. The molecule has 2 aliphatic rings. The van der Waals surface area contributed by atoms with Gasteiger partial charge in [0.1, 0.15) is 22.5 Å². The van der Waals surface area contributed by atoms with Crippen molar-refractivity contribution in [2.24, 2.45) is 5.73 Å². The lowest BCUT2D eigenvalue weighted by Gasteiger charge is -2.31. The molecule has 2 unspecified atom stereocenters. The van der Waals surface area contributed by atoms with E-state index in [1.807, 2.05) is 23.3 Å². The molecular formula is C18H19FN4O3S. The van der Waals surface area contributed by atoms with E-state index in [9.17, 15) is 9.59 Å². The molecule has 0 amide bonds. The van der Waals surface area contributed by atoms with Crippen LogP contribution in [0.3, 0.4) is 0 Å². The average Bonchev–Trinajstić information content (AvgIpc) is 3.16. The number of nitrogens with two attached hydrogens (primary N) is 1. The maximum atomic E-state index is 15.1. The molecule has 2 atom stereocenters. The second-order valence-electron chi connectivity index (χ2n) is 7.83. The second-order valence-corrected chi connectivity index (χ2v) is 8.63. The zero-order chi connectivity index (χ0) is 19.1. The van der Waals surface area contributed by atoms with Crippen molar-refractivity contribution in [2.75, 3.05) is 24.6 Å². The van der Waals surface area contributed by atoms with E-state index in [0.29, 0.717) is 41.5 Å². The monoisotopic (exact) mass is 390 g/mol. The van der Waals surface area contributed by atoms with Crippen LogP contribution in [-0.2, 0) is 0 Å². The molecule has 3 aromatic rings. The predicted octanol–water partition coefficient (Wildman–Crippen LogP) is 1.92. The van der Waals surface area contributed by atoms with E-state index in [4.69, 9.17) is 10.5 Å². The molecule has 4 heterocycles. The van der Waals surface area contributed by atoms with Crippen LogP contribution in [0.4, 0.5) is 10.1 Å². The number of ether oxygens (including phenoxy) is 1. The van der Waals surface area contributed by atoms with Gasteiger partial charge in [-0.15, -0.1) is 0 Å². The molecule has 7 nitrogen and oxygen atoms in total. The lowest BCUT2D eigenvalue weighted by Crippen LogP contribution is -2.39. The highest BCUT2D eigenvalue weighted by Gasteiger charge is 2.36.